The highest BCUT2D eigenvalue weighted by Gasteiger charge is 2.28. The van der Waals surface area contributed by atoms with Crippen molar-refractivity contribution < 1.29 is 9.18 Å². The number of halogens is 2. The Kier molecular flexibility index (Phi) is 5.69. The lowest BCUT2D eigenvalue weighted by molar-refractivity contribution is -0.116. The molecular formula is C22H19FIN3OS. The molecule has 1 atom stereocenters. The fraction of sp³-hybridized carbons (Fsp3) is 0.136. The molecule has 0 bridgehead atoms. The minimum atomic E-state index is -0.412. The lowest BCUT2D eigenvalue weighted by Gasteiger charge is -2.13. The van der Waals surface area contributed by atoms with Crippen molar-refractivity contribution in [2.45, 2.75) is 19.3 Å². The van der Waals surface area contributed by atoms with Crippen LogP contribution >= 0.6 is 34.4 Å². The zero-order valence-corrected chi connectivity index (χ0v) is 18.8. The predicted molar refractivity (Wildman–Crippen MR) is 125 cm³/mol. The van der Waals surface area contributed by atoms with E-state index in [2.05, 4.69) is 75.0 Å². The lowest BCUT2D eigenvalue weighted by Crippen LogP contribution is -2.31. The molecule has 4 nitrogen and oxygen atoms in total. The second-order valence-electron chi connectivity index (χ2n) is 6.74. The summed E-state index contributed by atoms with van der Waals surface area (Å²) in [6.07, 6.45) is 1.90. The third-order valence-corrected chi connectivity index (χ3v) is 6.48. The monoisotopic (exact) mass is 519 g/mol. The van der Waals surface area contributed by atoms with E-state index < -0.39 is 5.50 Å². The summed E-state index contributed by atoms with van der Waals surface area (Å²) in [7, 11) is 0. The molecular weight excluding hydrogens is 500 g/mol. The maximum absolute atomic E-state index is 13.9. The van der Waals surface area contributed by atoms with E-state index in [1.165, 1.54) is 21.4 Å². The topological polar surface area (TPSA) is 46.1 Å². The van der Waals surface area contributed by atoms with Crippen LogP contribution in [0, 0.1) is 23.2 Å². The number of carbonyl (C=O) groups is 1. The molecule has 1 unspecified atom stereocenters. The van der Waals surface area contributed by atoms with Gasteiger partial charge in [0.2, 0.25) is 0 Å². The normalized spacial score (nSPS) is 17.6. The predicted octanol–water partition coefficient (Wildman–Crippen LogP) is 5.44. The van der Waals surface area contributed by atoms with Crippen molar-refractivity contribution in [1.29, 1.82) is 0 Å². The highest BCUT2D eigenvalue weighted by molar-refractivity contribution is 14.1. The van der Waals surface area contributed by atoms with Gasteiger partial charge in [-0.1, -0.05) is 23.9 Å². The van der Waals surface area contributed by atoms with Crippen LogP contribution in [0.2, 0.25) is 0 Å². The lowest BCUT2D eigenvalue weighted by atomic mass is 10.2. The van der Waals surface area contributed by atoms with Crippen LogP contribution in [0.15, 0.2) is 59.5 Å². The Hall–Kier alpha value is -2.26. The zero-order chi connectivity index (χ0) is 20.5. The molecule has 1 saturated heterocycles. The third-order valence-electron chi connectivity index (χ3n) is 4.73. The molecule has 1 aliphatic heterocycles. The van der Waals surface area contributed by atoms with Crippen molar-refractivity contribution in [2.24, 2.45) is 0 Å². The van der Waals surface area contributed by atoms with Gasteiger partial charge in [-0.25, -0.2) is 4.39 Å². The average Bonchev–Trinajstić information content (AvgIpc) is 3.17. The first-order valence-corrected chi connectivity index (χ1v) is 11.0. The summed E-state index contributed by atoms with van der Waals surface area (Å²) in [6.45, 7) is 4.10. The van der Waals surface area contributed by atoms with Crippen LogP contribution in [-0.4, -0.2) is 16.0 Å². The summed E-state index contributed by atoms with van der Waals surface area (Å²) in [5.41, 5.74) is 4.20. The maximum atomic E-state index is 13.9. The first-order chi connectivity index (χ1) is 13.9. The maximum Gasteiger partial charge on any atom is 0.260 e. The molecule has 0 saturated carbocycles. The molecule has 3 aromatic rings. The van der Waals surface area contributed by atoms with Crippen molar-refractivity contribution in [1.82, 2.24) is 9.88 Å². The summed E-state index contributed by atoms with van der Waals surface area (Å²) in [5.74, 6) is -0.510. The molecule has 2 aromatic carbocycles. The second-order valence-corrected chi connectivity index (χ2v) is 9.13. The van der Waals surface area contributed by atoms with Crippen LogP contribution in [0.5, 0.6) is 0 Å². The number of rotatable bonds is 4. The van der Waals surface area contributed by atoms with Crippen LogP contribution in [0.1, 0.15) is 17.0 Å². The van der Waals surface area contributed by atoms with Gasteiger partial charge in [-0.05, 0) is 90.5 Å². The van der Waals surface area contributed by atoms with Gasteiger partial charge in [-0.3, -0.25) is 4.79 Å². The van der Waals surface area contributed by atoms with Gasteiger partial charge >= 0.3 is 0 Å². The standard InChI is InChI=1S/C22H19FIN3OS/c1-13-11-15(14(2)27(13)17-9-7-16(24)8-10-17)12-20-21(28)26-22(29-20)25-19-6-4-3-5-18(19)23/h3-12,22,25H,1-2H3,(H,26,28)/b20-12-. The summed E-state index contributed by atoms with van der Waals surface area (Å²) >= 11 is 3.64. The van der Waals surface area contributed by atoms with Crippen molar-refractivity contribution in [3.8, 4) is 5.69 Å². The van der Waals surface area contributed by atoms with Crippen LogP contribution in [0.25, 0.3) is 11.8 Å². The SMILES string of the molecule is Cc1cc(/C=C2\SC(Nc3ccccc3F)NC2=O)c(C)n1-c1ccc(I)cc1. The Bertz CT molecular complexity index is 1110. The van der Waals surface area contributed by atoms with E-state index >= 15 is 0 Å². The smallest absolute Gasteiger partial charge is 0.260 e. The first kappa shape index (κ1) is 20.0. The molecule has 1 amide bonds. The molecule has 29 heavy (non-hydrogen) atoms. The number of amides is 1. The highest BCUT2D eigenvalue weighted by Crippen LogP contribution is 2.32. The van der Waals surface area contributed by atoms with Crippen LogP contribution in [-0.2, 0) is 4.79 Å². The number of nitrogens with one attached hydrogen (secondary N) is 2. The second kappa shape index (κ2) is 8.23. The molecule has 7 heteroatoms. The number of nitrogens with zero attached hydrogens (tertiary/aromatic N) is 1. The van der Waals surface area contributed by atoms with Gasteiger partial charge in [0.15, 0.2) is 5.50 Å². The van der Waals surface area contributed by atoms with Gasteiger partial charge < -0.3 is 15.2 Å². The van der Waals surface area contributed by atoms with Crippen LogP contribution in [0.4, 0.5) is 10.1 Å². The number of para-hydroxylation sites is 1. The quantitative estimate of drug-likeness (QED) is 0.357. The fourth-order valence-electron chi connectivity index (χ4n) is 3.35. The van der Waals surface area contributed by atoms with Gasteiger partial charge in [0.05, 0.1) is 10.6 Å². The minimum Gasteiger partial charge on any atom is -0.354 e. The Morgan fingerprint density at radius 1 is 1.17 bits per heavy atom. The molecule has 0 aliphatic carbocycles. The van der Waals surface area contributed by atoms with Crippen molar-refractivity contribution in [3.05, 3.63) is 85.8 Å². The van der Waals surface area contributed by atoms with E-state index in [1.54, 1.807) is 18.2 Å². The molecule has 1 aromatic heterocycles. The van der Waals surface area contributed by atoms with Crippen molar-refractivity contribution in [2.75, 3.05) is 5.32 Å². The Balaban J connectivity index is 1.58. The van der Waals surface area contributed by atoms with Crippen LogP contribution in [0.3, 0.4) is 0 Å². The zero-order valence-electron chi connectivity index (χ0n) is 15.9. The summed E-state index contributed by atoms with van der Waals surface area (Å²) in [6, 6.07) is 16.8. The number of benzene rings is 2. The first-order valence-electron chi connectivity index (χ1n) is 9.07. The third kappa shape index (κ3) is 4.20. The summed E-state index contributed by atoms with van der Waals surface area (Å²) in [5, 5.41) is 5.88. The molecule has 0 radical (unpaired) electrons. The molecule has 0 spiro atoms. The van der Waals surface area contributed by atoms with Gasteiger partial charge in [-0.2, -0.15) is 0 Å². The van der Waals surface area contributed by atoms with Crippen molar-refractivity contribution >= 4 is 52.0 Å². The number of hydrogen-bond donors (Lipinski definition) is 2. The van der Waals surface area contributed by atoms with Crippen LogP contribution < -0.4 is 10.6 Å². The summed E-state index contributed by atoms with van der Waals surface area (Å²) < 4.78 is 17.2. The fourth-order valence-corrected chi connectivity index (χ4v) is 4.67. The van der Waals surface area contributed by atoms with Gasteiger partial charge in [0, 0.05) is 20.6 Å². The Morgan fingerprint density at radius 2 is 1.90 bits per heavy atom. The highest BCUT2D eigenvalue weighted by atomic mass is 127. The number of carbonyl (C=O) groups excluding carboxylic acids is 1. The molecule has 2 N–H and O–H groups in total. The number of aromatic nitrogens is 1. The number of aryl methyl sites for hydroxylation is 1. The minimum absolute atomic E-state index is 0.164. The Labute approximate surface area is 186 Å². The van der Waals surface area contributed by atoms with E-state index in [-0.39, 0.29) is 11.7 Å². The average molecular weight is 519 g/mol. The van der Waals surface area contributed by atoms with Crippen molar-refractivity contribution in [3.63, 3.8) is 0 Å². The number of hydrogen-bond acceptors (Lipinski definition) is 3. The molecule has 4 rings (SSSR count). The molecule has 1 aliphatic rings. The van der Waals surface area contributed by atoms with E-state index in [4.69, 9.17) is 0 Å². The Morgan fingerprint density at radius 3 is 2.62 bits per heavy atom. The molecule has 1 fully saturated rings. The van der Waals surface area contributed by atoms with E-state index in [0.717, 1.165) is 22.6 Å². The van der Waals surface area contributed by atoms with E-state index in [1.807, 2.05) is 13.0 Å². The van der Waals surface area contributed by atoms with E-state index in [0.29, 0.717) is 10.6 Å². The number of thioether (sulfide) groups is 1. The number of anilines is 1. The largest absolute Gasteiger partial charge is 0.354 e. The van der Waals surface area contributed by atoms with Gasteiger partial charge in [-0.15, -0.1) is 0 Å². The molecule has 2 heterocycles. The van der Waals surface area contributed by atoms with Gasteiger partial charge in [0.1, 0.15) is 5.82 Å². The molecule has 148 valence electrons. The van der Waals surface area contributed by atoms with Gasteiger partial charge in [0.25, 0.3) is 5.91 Å². The summed E-state index contributed by atoms with van der Waals surface area (Å²) in [4.78, 5) is 13.0. The van der Waals surface area contributed by atoms with E-state index in [9.17, 15) is 9.18 Å².